The fraction of sp³-hybridized carbons (Fsp3) is 0.864. The van der Waals surface area contributed by atoms with Crippen LogP contribution in [-0.2, 0) is 14.3 Å². The van der Waals surface area contributed by atoms with Crippen molar-refractivity contribution in [2.75, 3.05) is 13.4 Å². The van der Waals surface area contributed by atoms with Crippen molar-refractivity contribution in [2.24, 2.45) is 0 Å². The molecule has 0 heterocycles. The molecular formula is C22H42O3. The van der Waals surface area contributed by atoms with Crippen LogP contribution in [0.3, 0.4) is 0 Å². The Morgan fingerprint density at radius 1 is 0.680 bits per heavy atom. The molecule has 0 aromatic carbocycles. The lowest BCUT2D eigenvalue weighted by molar-refractivity contribution is -0.107. The average molecular weight is 355 g/mol. The molecule has 0 N–H and O–H groups in total. The van der Waals surface area contributed by atoms with Crippen molar-refractivity contribution < 1.29 is 14.3 Å². The van der Waals surface area contributed by atoms with E-state index in [1.54, 1.807) is 6.26 Å². The average Bonchev–Trinajstić information content (AvgIpc) is 2.63. The fourth-order valence-electron chi connectivity index (χ4n) is 2.82. The first-order chi connectivity index (χ1) is 12.4. The Morgan fingerprint density at radius 2 is 1.24 bits per heavy atom. The second kappa shape index (κ2) is 23.2. The molecule has 0 bridgehead atoms. The Hall–Kier alpha value is -0.830. The molecule has 0 unspecified atom stereocenters. The molecule has 0 saturated heterocycles. The van der Waals surface area contributed by atoms with Gasteiger partial charge in [0, 0.05) is 6.42 Å². The van der Waals surface area contributed by atoms with E-state index in [-0.39, 0.29) is 0 Å². The Bertz CT molecular complexity index is 276. The van der Waals surface area contributed by atoms with Gasteiger partial charge >= 0.3 is 0 Å². The van der Waals surface area contributed by atoms with Gasteiger partial charge in [-0.1, -0.05) is 77.6 Å². The maximum absolute atomic E-state index is 10.2. The lowest BCUT2D eigenvalue weighted by atomic mass is 10.1. The number of rotatable bonds is 21. The Kier molecular flexibility index (Phi) is 22.4. The standard InChI is InChI=1S/C22H42O3/c1-2-3-4-5-11-14-17-20-24-22-25-21-18-15-12-9-7-6-8-10-13-16-19-23/h18-19,21H,2-17,20,22H2,1H3. The second-order valence-corrected chi connectivity index (χ2v) is 6.90. The van der Waals surface area contributed by atoms with Crippen molar-refractivity contribution in [3.05, 3.63) is 12.3 Å². The number of aldehydes is 1. The molecule has 0 saturated carbocycles. The summed E-state index contributed by atoms with van der Waals surface area (Å²) in [6, 6.07) is 0. The van der Waals surface area contributed by atoms with Crippen molar-refractivity contribution in [3.63, 3.8) is 0 Å². The van der Waals surface area contributed by atoms with Crippen LogP contribution in [0, 0.1) is 0 Å². The maximum atomic E-state index is 10.2. The van der Waals surface area contributed by atoms with E-state index in [9.17, 15) is 4.79 Å². The Balaban J connectivity index is 3.05. The van der Waals surface area contributed by atoms with E-state index in [0.29, 0.717) is 6.79 Å². The third-order valence-electron chi connectivity index (χ3n) is 4.43. The van der Waals surface area contributed by atoms with Crippen molar-refractivity contribution in [1.82, 2.24) is 0 Å². The van der Waals surface area contributed by atoms with Crippen molar-refractivity contribution in [2.45, 2.75) is 110 Å². The maximum Gasteiger partial charge on any atom is 0.188 e. The summed E-state index contributed by atoms with van der Waals surface area (Å²) in [5.74, 6) is 0. The van der Waals surface area contributed by atoms with Gasteiger partial charge in [-0.25, -0.2) is 0 Å². The molecule has 0 aromatic rings. The summed E-state index contributed by atoms with van der Waals surface area (Å²) in [5.41, 5.74) is 0. The van der Waals surface area contributed by atoms with Gasteiger partial charge in [0.1, 0.15) is 6.29 Å². The smallest absolute Gasteiger partial charge is 0.188 e. The molecule has 0 aliphatic carbocycles. The van der Waals surface area contributed by atoms with Crippen molar-refractivity contribution in [1.29, 1.82) is 0 Å². The van der Waals surface area contributed by atoms with Gasteiger partial charge in [0.25, 0.3) is 0 Å². The minimum atomic E-state index is 0.382. The first-order valence-corrected chi connectivity index (χ1v) is 10.7. The number of carbonyl (C=O) groups excluding carboxylic acids is 1. The first-order valence-electron chi connectivity index (χ1n) is 10.7. The number of hydrogen-bond acceptors (Lipinski definition) is 3. The molecule has 3 heteroatoms. The van der Waals surface area contributed by atoms with Gasteiger partial charge < -0.3 is 14.3 Å². The number of unbranched alkanes of at least 4 members (excludes halogenated alkanes) is 14. The van der Waals surface area contributed by atoms with E-state index >= 15 is 0 Å². The molecular weight excluding hydrogens is 312 g/mol. The molecule has 0 radical (unpaired) electrons. The quantitative estimate of drug-likeness (QED) is 0.0968. The normalized spacial score (nSPS) is 11.2. The monoisotopic (exact) mass is 354 g/mol. The Morgan fingerprint density at radius 3 is 1.88 bits per heavy atom. The van der Waals surface area contributed by atoms with Crippen LogP contribution >= 0.6 is 0 Å². The predicted octanol–water partition coefficient (Wildman–Crippen LogP) is 6.95. The lowest BCUT2D eigenvalue weighted by Gasteiger charge is -2.04. The number of hydrogen-bond donors (Lipinski definition) is 0. The van der Waals surface area contributed by atoms with Crippen LogP contribution < -0.4 is 0 Å². The topological polar surface area (TPSA) is 35.5 Å². The van der Waals surface area contributed by atoms with Crippen LogP contribution in [0.2, 0.25) is 0 Å². The van der Waals surface area contributed by atoms with E-state index in [2.05, 4.69) is 13.0 Å². The number of carbonyl (C=O) groups is 1. The van der Waals surface area contributed by atoms with Gasteiger partial charge in [-0.15, -0.1) is 0 Å². The molecule has 0 rings (SSSR count). The summed E-state index contributed by atoms with van der Waals surface area (Å²) in [6.07, 6.45) is 24.6. The highest BCUT2D eigenvalue weighted by Crippen LogP contribution is 2.09. The van der Waals surface area contributed by atoms with Gasteiger partial charge in [0.05, 0.1) is 12.9 Å². The first kappa shape index (κ1) is 24.2. The summed E-state index contributed by atoms with van der Waals surface area (Å²) in [6.45, 7) is 3.45. The Labute approximate surface area is 156 Å². The summed E-state index contributed by atoms with van der Waals surface area (Å²) in [7, 11) is 0. The zero-order valence-electron chi connectivity index (χ0n) is 16.7. The van der Waals surface area contributed by atoms with Crippen LogP contribution in [0.15, 0.2) is 12.3 Å². The molecule has 0 spiro atoms. The van der Waals surface area contributed by atoms with Crippen LogP contribution in [0.4, 0.5) is 0 Å². The van der Waals surface area contributed by atoms with Crippen LogP contribution in [0.5, 0.6) is 0 Å². The largest absolute Gasteiger partial charge is 0.475 e. The zero-order chi connectivity index (χ0) is 18.3. The summed E-state index contributed by atoms with van der Waals surface area (Å²) in [4.78, 5) is 10.2. The third-order valence-corrected chi connectivity index (χ3v) is 4.43. The number of ether oxygens (including phenoxy) is 2. The van der Waals surface area contributed by atoms with Gasteiger partial charge in [0.15, 0.2) is 6.79 Å². The molecule has 0 aliphatic rings. The summed E-state index contributed by atoms with van der Waals surface area (Å²) >= 11 is 0. The SMILES string of the molecule is CCCCCCCCCOCOC=CCCCCCCCCCC=O. The van der Waals surface area contributed by atoms with Gasteiger partial charge in [0.2, 0.25) is 0 Å². The molecule has 25 heavy (non-hydrogen) atoms. The highest BCUT2D eigenvalue weighted by molar-refractivity contribution is 5.48. The lowest BCUT2D eigenvalue weighted by Crippen LogP contribution is -1.98. The second-order valence-electron chi connectivity index (χ2n) is 6.90. The third kappa shape index (κ3) is 23.2. The minimum Gasteiger partial charge on any atom is -0.475 e. The number of allylic oxidation sites excluding steroid dienone is 1. The van der Waals surface area contributed by atoms with E-state index < -0.39 is 0 Å². The molecule has 0 aliphatic heterocycles. The minimum absolute atomic E-state index is 0.382. The molecule has 0 fully saturated rings. The van der Waals surface area contributed by atoms with Crippen molar-refractivity contribution in [3.8, 4) is 0 Å². The molecule has 0 atom stereocenters. The van der Waals surface area contributed by atoms with Crippen LogP contribution in [0.1, 0.15) is 110 Å². The molecule has 148 valence electrons. The van der Waals surface area contributed by atoms with Gasteiger partial charge in [-0.3, -0.25) is 0 Å². The molecule has 0 aromatic heterocycles. The van der Waals surface area contributed by atoms with Crippen LogP contribution in [0.25, 0.3) is 0 Å². The fourth-order valence-corrected chi connectivity index (χ4v) is 2.82. The highest BCUT2D eigenvalue weighted by atomic mass is 16.7. The predicted molar refractivity (Wildman–Crippen MR) is 107 cm³/mol. The zero-order valence-corrected chi connectivity index (χ0v) is 16.7. The van der Waals surface area contributed by atoms with E-state index in [4.69, 9.17) is 9.47 Å². The van der Waals surface area contributed by atoms with Gasteiger partial charge in [-0.05, 0) is 31.8 Å². The van der Waals surface area contributed by atoms with Crippen LogP contribution in [-0.4, -0.2) is 19.7 Å². The van der Waals surface area contributed by atoms with E-state index in [1.165, 1.54) is 77.0 Å². The summed E-state index contributed by atoms with van der Waals surface area (Å²) in [5, 5.41) is 0. The van der Waals surface area contributed by atoms with Crippen molar-refractivity contribution >= 4 is 6.29 Å². The highest BCUT2D eigenvalue weighted by Gasteiger charge is 1.92. The van der Waals surface area contributed by atoms with E-state index in [1.807, 2.05) is 0 Å². The van der Waals surface area contributed by atoms with Gasteiger partial charge in [-0.2, -0.15) is 0 Å². The van der Waals surface area contributed by atoms with E-state index in [0.717, 1.165) is 38.6 Å². The summed E-state index contributed by atoms with van der Waals surface area (Å²) < 4.78 is 10.8. The molecule has 3 nitrogen and oxygen atoms in total. The molecule has 0 amide bonds.